The molecule has 0 aromatic heterocycles. The number of rotatable bonds is 10. The molecule has 0 aromatic carbocycles. The van der Waals surface area contributed by atoms with Crippen molar-refractivity contribution in [2.45, 2.75) is 57.8 Å². The first-order valence-electron chi connectivity index (χ1n) is 8.38. The van der Waals surface area contributed by atoms with Gasteiger partial charge in [-0.1, -0.05) is 19.8 Å². The van der Waals surface area contributed by atoms with Crippen molar-refractivity contribution in [3.63, 3.8) is 0 Å². The van der Waals surface area contributed by atoms with Gasteiger partial charge in [0.15, 0.2) is 6.10 Å². The summed E-state index contributed by atoms with van der Waals surface area (Å²) in [5.41, 5.74) is 3.65. The van der Waals surface area contributed by atoms with Crippen LogP contribution in [0.3, 0.4) is 0 Å². The number of methoxy groups -OCH3 is 1. The van der Waals surface area contributed by atoms with Crippen LogP contribution in [-0.4, -0.2) is 65.9 Å². The van der Waals surface area contributed by atoms with Crippen molar-refractivity contribution in [3.05, 3.63) is 0 Å². The van der Waals surface area contributed by atoms with Gasteiger partial charge in [0.2, 0.25) is 5.91 Å². The Morgan fingerprint density at radius 1 is 1.15 bits per heavy atom. The summed E-state index contributed by atoms with van der Waals surface area (Å²) in [4.78, 5) is 36.1. The first-order valence-corrected chi connectivity index (χ1v) is 8.38. The predicted molar refractivity (Wildman–Crippen MR) is 93.2 cm³/mol. The molecule has 0 bridgehead atoms. The Labute approximate surface area is 153 Å². The summed E-state index contributed by atoms with van der Waals surface area (Å²) in [7, 11) is 1.21. The Morgan fingerprint density at radius 2 is 1.73 bits per heavy atom. The van der Waals surface area contributed by atoms with E-state index in [1.807, 2.05) is 13.8 Å². The maximum absolute atomic E-state index is 12.3. The van der Waals surface area contributed by atoms with Gasteiger partial charge >= 0.3 is 5.97 Å². The number of quaternary nitrogens is 1. The average molecular weight is 372 g/mol. The zero-order chi connectivity index (χ0) is 20.3. The molecule has 0 spiro atoms. The molecule has 4 atom stereocenters. The second-order valence-corrected chi connectivity index (χ2v) is 6.29. The molecule has 7 N–H and O–H groups in total. The third kappa shape index (κ3) is 8.29. The lowest BCUT2D eigenvalue weighted by Crippen LogP contribution is -2.69. The van der Waals surface area contributed by atoms with E-state index in [9.17, 15) is 24.6 Å². The lowest BCUT2D eigenvalue weighted by atomic mass is 10.0. The van der Waals surface area contributed by atoms with Crippen molar-refractivity contribution in [3.8, 4) is 11.8 Å². The summed E-state index contributed by atoms with van der Waals surface area (Å²) in [5.74, 6) is 3.22. The molecule has 9 heteroatoms. The van der Waals surface area contributed by atoms with E-state index in [4.69, 9.17) is 0 Å². The van der Waals surface area contributed by atoms with Gasteiger partial charge in [0, 0.05) is 0 Å². The van der Waals surface area contributed by atoms with Crippen LogP contribution in [0.4, 0.5) is 0 Å². The number of ether oxygens (including phenoxy) is 1. The predicted octanol–water partition coefficient (Wildman–Crippen LogP) is -2.45. The second kappa shape index (κ2) is 12.2. The second-order valence-electron chi connectivity index (χ2n) is 6.29. The number of hydrogen-bond acceptors (Lipinski definition) is 6. The van der Waals surface area contributed by atoms with Gasteiger partial charge in [0.25, 0.3) is 5.91 Å². The topological polar surface area (TPSA) is 153 Å². The van der Waals surface area contributed by atoms with E-state index < -0.39 is 48.6 Å². The highest BCUT2D eigenvalue weighted by Crippen LogP contribution is 2.06. The molecule has 0 aliphatic rings. The Balaban J connectivity index is 4.92. The summed E-state index contributed by atoms with van der Waals surface area (Å²) in [6.45, 7) is 4.67. The molecule has 0 unspecified atom stereocenters. The largest absolute Gasteiger partial charge is 0.467 e. The number of hydrogen-bond donors (Lipinski definition) is 5. The highest BCUT2D eigenvalue weighted by atomic mass is 16.5. The average Bonchev–Trinajstić information content (AvgIpc) is 2.61. The molecule has 0 aliphatic carbocycles. The van der Waals surface area contributed by atoms with Gasteiger partial charge in [-0.05, 0) is 19.3 Å². The van der Waals surface area contributed by atoms with Crippen LogP contribution in [0.15, 0.2) is 0 Å². The lowest BCUT2D eigenvalue weighted by Gasteiger charge is -2.23. The molecule has 0 aliphatic heterocycles. The first-order chi connectivity index (χ1) is 12.2. The molecule has 0 saturated carbocycles. The highest BCUT2D eigenvalue weighted by molar-refractivity contribution is 5.91. The normalized spacial score (nSPS) is 15.1. The van der Waals surface area contributed by atoms with Crippen molar-refractivity contribution in [2.24, 2.45) is 5.92 Å². The van der Waals surface area contributed by atoms with Gasteiger partial charge in [-0.25, -0.2) is 4.79 Å². The van der Waals surface area contributed by atoms with Crippen molar-refractivity contribution in [1.29, 1.82) is 0 Å². The van der Waals surface area contributed by atoms with Crippen LogP contribution in [0.2, 0.25) is 0 Å². The van der Waals surface area contributed by atoms with Crippen LogP contribution >= 0.6 is 0 Å². The minimum Gasteiger partial charge on any atom is -0.467 e. The van der Waals surface area contributed by atoms with Gasteiger partial charge in [0.05, 0.1) is 20.1 Å². The van der Waals surface area contributed by atoms with Gasteiger partial charge in [-0.3, -0.25) is 9.59 Å². The number of carbonyl (C=O) groups excluding carboxylic acids is 3. The molecule has 0 saturated heterocycles. The molecule has 148 valence electrons. The Kier molecular flexibility index (Phi) is 11.2. The summed E-state index contributed by atoms with van der Waals surface area (Å²) >= 11 is 0. The third-order valence-corrected chi connectivity index (χ3v) is 3.58. The fourth-order valence-corrected chi connectivity index (χ4v) is 2.11. The molecule has 2 amide bonds. The molecule has 0 radical (unpaired) electrons. The zero-order valence-corrected chi connectivity index (χ0v) is 15.7. The zero-order valence-electron chi connectivity index (χ0n) is 15.7. The Morgan fingerprint density at radius 3 is 2.19 bits per heavy atom. The number of carbonyl (C=O) groups is 3. The standard InChI is InChI=1S/C17H29N3O6/c1-5-6-7-11(18)14(22)16(24)20-13(9-21)15(23)19-12(8-10(2)3)17(25)26-4/h10-14,21-22H,7-9,18H2,1-4H3,(H,19,23)(H,20,24)/p+1/t11-,12+,13+,14+/m1/s1. The van der Waals surface area contributed by atoms with Crippen LogP contribution in [0.25, 0.3) is 0 Å². The minimum atomic E-state index is -1.48. The molecule has 26 heavy (non-hydrogen) atoms. The molecular weight excluding hydrogens is 342 g/mol. The summed E-state index contributed by atoms with van der Waals surface area (Å²) in [6, 6.07) is -2.90. The summed E-state index contributed by atoms with van der Waals surface area (Å²) in [6.07, 6.45) is -0.936. The van der Waals surface area contributed by atoms with Crippen molar-refractivity contribution in [2.75, 3.05) is 13.7 Å². The maximum Gasteiger partial charge on any atom is 0.328 e. The van der Waals surface area contributed by atoms with E-state index >= 15 is 0 Å². The minimum absolute atomic E-state index is 0.106. The monoisotopic (exact) mass is 372 g/mol. The number of amides is 2. The summed E-state index contributed by atoms with van der Waals surface area (Å²) in [5, 5.41) is 24.0. The quantitative estimate of drug-likeness (QED) is 0.212. The van der Waals surface area contributed by atoms with E-state index in [2.05, 4.69) is 32.9 Å². The highest BCUT2D eigenvalue weighted by Gasteiger charge is 2.31. The molecule has 9 nitrogen and oxygen atoms in total. The van der Waals surface area contributed by atoms with E-state index in [-0.39, 0.29) is 12.3 Å². The van der Waals surface area contributed by atoms with Crippen LogP contribution in [0.5, 0.6) is 0 Å². The first kappa shape index (κ1) is 23.9. The van der Waals surface area contributed by atoms with Gasteiger partial charge < -0.3 is 31.3 Å². The van der Waals surface area contributed by atoms with Gasteiger partial charge in [-0.15, -0.1) is 5.92 Å². The van der Waals surface area contributed by atoms with E-state index in [0.717, 1.165) is 0 Å². The SMILES string of the molecule is CC#CC[C@@H]([NH3+])[C@H](O)C(=O)N[C@@H](CO)C(=O)N[C@@H](CC(C)C)C(=O)OC. The fourth-order valence-electron chi connectivity index (χ4n) is 2.11. The van der Waals surface area contributed by atoms with Crippen LogP contribution in [0, 0.1) is 17.8 Å². The maximum atomic E-state index is 12.3. The molecule has 0 heterocycles. The Bertz CT molecular complexity index is 540. The van der Waals surface area contributed by atoms with E-state index in [1.165, 1.54) is 7.11 Å². The molecular formula is C17H30N3O6+. The molecule has 0 aromatic rings. The van der Waals surface area contributed by atoms with E-state index in [1.54, 1.807) is 6.92 Å². The van der Waals surface area contributed by atoms with Crippen LogP contribution < -0.4 is 16.4 Å². The molecule has 0 rings (SSSR count). The third-order valence-electron chi connectivity index (χ3n) is 3.58. The number of aliphatic hydroxyl groups excluding tert-OH is 2. The summed E-state index contributed by atoms with van der Waals surface area (Å²) < 4.78 is 4.65. The number of esters is 1. The molecule has 0 fully saturated rings. The lowest BCUT2D eigenvalue weighted by molar-refractivity contribution is -0.431. The van der Waals surface area contributed by atoms with Crippen molar-refractivity contribution in [1.82, 2.24) is 10.6 Å². The van der Waals surface area contributed by atoms with Gasteiger partial charge in [0.1, 0.15) is 18.1 Å². The smallest absolute Gasteiger partial charge is 0.328 e. The number of nitrogens with one attached hydrogen (secondary N) is 2. The van der Waals surface area contributed by atoms with Gasteiger partial charge in [-0.2, -0.15) is 0 Å². The van der Waals surface area contributed by atoms with E-state index in [0.29, 0.717) is 6.42 Å². The van der Waals surface area contributed by atoms with Crippen molar-refractivity contribution < 1.29 is 35.1 Å². The van der Waals surface area contributed by atoms with Crippen molar-refractivity contribution >= 4 is 17.8 Å². The Hall–Kier alpha value is -2.15. The van der Waals surface area contributed by atoms with Crippen LogP contribution in [-0.2, 0) is 19.1 Å². The fraction of sp³-hybridized carbons (Fsp3) is 0.706. The number of aliphatic hydroxyl groups is 2. The van der Waals surface area contributed by atoms with Crippen LogP contribution in [0.1, 0.15) is 33.6 Å².